The van der Waals surface area contributed by atoms with Gasteiger partial charge in [0.05, 0.1) is 39.7 Å². The average Bonchev–Trinajstić information content (AvgIpc) is 2.81. The van der Waals surface area contributed by atoms with Crippen molar-refractivity contribution in [3.05, 3.63) is 53.1 Å². The zero-order valence-corrected chi connectivity index (χ0v) is 22.4. The third-order valence-electron chi connectivity index (χ3n) is 5.44. The highest BCUT2D eigenvalue weighted by atomic mass is 32.2. The van der Waals surface area contributed by atoms with Gasteiger partial charge in [-0.05, 0) is 43.7 Å². The Bertz CT molecular complexity index is 1220. The molecule has 0 saturated heterocycles. The van der Waals surface area contributed by atoms with Crippen molar-refractivity contribution in [3.8, 4) is 11.5 Å². The third kappa shape index (κ3) is 6.26. The molecule has 13 heteroatoms. The van der Waals surface area contributed by atoms with E-state index >= 15 is 0 Å². The highest BCUT2D eigenvalue weighted by molar-refractivity contribution is 7.78. The lowest BCUT2D eigenvalue weighted by Gasteiger charge is -2.26. The molecule has 0 radical (unpaired) electrons. The summed E-state index contributed by atoms with van der Waals surface area (Å²) in [6.45, 7) is 2.20. The molecule has 198 valence electrons. The third-order valence-corrected chi connectivity index (χ3v) is 7.65. The maximum absolute atomic E-state index is 12.7. The van der Waals surface area contributed by atoms with E-state index in [1.807, 2.05) is 0 Å². The van der Waals surface area contributed by atoms with Crippen LogP contribution in [0.1, 0.15) is 30.5 Å². The fraction of sp³-hybridized carbons (Fsp3) is 0.348. The van der Waals surface area contributed by atoms with Crippen LogP contribution in [0.15, 0.2) is 36.4 Å². The molecule has 36 heavy (non-hydrogen) atoms. The fourth-order valence-corrected chi connectivity index (χ4v) is 4.05. The van der Waals surface area contributed by atoms with E-state index in [1.54, 1.807) is 24.3 Å². The van der Waals surface area contributed by atoms with Crippen molar-refractivity contribution in [2.75, 3.05) is 33.8 Å². The Hall–Kier alpha value is -2.89. The second-order valence-corrected chi connectivity index (χ2v) is 11.1. The van der Waals surface area contributed by atoms with Gasteiger partial charge in [-0.15, -0.1) is 0 Å². The van der Waals surface area contributed by atoms with E-state index in [4.69, 9.17) is 18.9 Å². The maximum Gasteiger partial charge on any atom is 0.340 e. The van der Waals surface area contributed by atoms with Gasteiger partial charge in [0.15, 0.2) is 11.5 Å². The Kier molecular flexibility index (Phi) is 9.70. The molecule has 0 aliphatic heterocycles. The number of ether oxygens (including phenoxy) is 4. The molecular formula is C23H29NO10PS-. The Morgan fingerprint density at radius 2 is 1.56 bits per heavy atom. The first kappa shape index (κ1) is 29.3. The zero-order chi connectivity index (χ0) is 27.3. The first-order chi connectivity index (χ1) is 16.8. The summed E-state index contributed by atoms with van der Waals surface area (Å²) in [6, 6.07) is 9.77. The molecule has 0 aromatic heterocycles. The molecule has 2 aromatic carbocycles. The number of benzene rings is 2. The number of carbonyl (C=O) groups is 1. The number of methoxy groups -OCH3 is 4. The van der Waals surface area contributed by atoms with Crippen LogP contribution in [-0.4, -0.2) is 58.1 Å². The van der Waals surface area contributed by atoms with Crippen LogP contribution in [0.25, 0.3) is 11.5 Å². The van der Waals surface area contributed by atoms with Gasteiger partial charge in [0.1, 0.15) is 16.7 Å². The van der Waals surface area contributed by atoms with Crippen molar-refractivity contribution in [1.82, 2.24) is 0 Å². The normalized spacial score (nSPS) is 13.4. The van der Waals surface area contributed by atoms with E-state index in [2.05, 4.69) is 5.32 Å². The van der Waals surface area contributed by atoms with E-state index in [0.29, 0.717) is 11.3 Å². The Morgan fingerprint density at radius 1 is 1.00 bits per heavy atom. The molecule has 2 rings (SSSR count). The molecule has 3 N–H and O–H groups in total. The SMILES string of the molecule is COC(=C(OC)c1ccccc1OC)c1cc(OC)c(NC(=O)C(C)(C)P(=O)(O)O)cc1CS(=O)[O-]. The van der Waals surface area contributed by atoms with Crippen LogP contribution in [0.5, 0.6) is 11.5 Å². The summed E-state index contributed by atoms with van der Waals surface area (Å²) in [7, 11) is 0.796. The first-order valence-electron chi connectivity index (χ1n) is 10.4. The van der Waals surface area contributed by atoms with Gasteiger partial charge in [0.25, 0.3) is 0 Å². The molecule has 0 fully saturated rings. The summed E-state index contributed by atoms with van der Waals surface area (Å²) >= 11 is -2.54. The molecule has 0 saturated carbocycles. The lowest BCUT2D eigenvalue weighted by atomic mass is 10.0. The van der Waals surface area contributed by atoms with Crippen LogP contribution in [0.2, 0.25) is 0 Å². The Morgan fingerprint density at radius 3 is 2.06 bits per heavy atom. The molecule has 1 amide bonds. The number of nitrogens with one attached hydrogen (secondary N) is 1. The first-order valence-corrected chi connectivity index (χ1v) is 13.3. The largest absolute Gasteiger partial charge is 0.772 e. The minimum atomic E-state index is -4.82. The van der Waals surface area contributed by atoms with E-state index in [0.717, 1.165) is 13.8 Å². The van der Waals surface area contributed by atoms with Gasteiger partial charge in [-0.1, -0.05) is 23.2 Å². The van der Waals surface area contributed by atoms with E-state index in [-0.39, 0.29) is 34.1 Å². The highest BCUT2D eigenvalue weighted by Crippen LogP contribution is 2.51. The van der Waals surface area contributed by atoms with Gasteiger partial charge in [-0.25, -0.2) is 0 Å². The second kappa shape index (κ2) is 11.9. The topological polar surface area (TPSA) is 164 Å². The number of anilines is 1. The van der Waals surface area contributed by atoms with Crippen LogP contribution in [0.4, 0.5) is 5.69 Å². The number of amides is 1. The van der Waals surface area contributed by atoms with Crippen molar-refractivity contribution in [3.63, 3.8) is 0 Å². The van der Waals surface area contributed by atoms with Crippen LogP contribution >= 0.6 is 7.60 Å². The van der Waals surface area contributed by atoms with Crippen molar-refractivity contribution < 1.29 is 46.9 Å². The van der Waals surface area contributed by atoms with Crippen molar-refractivity contribution in [2.24, 2.45) is 0 Å². The molecule has 1 atom stereocenters. The zero-order valence-electron chi connectivity index (χ0n) is 20.7. The van der Waals surface area contributed by atoms with Crippen LogP contribution in [-0.2, 0) is 35.7 Å². The highest BCUT2D eigenvalue weighted by Gasteiger charge is 2.45. The molecule has 0 aliphatic rings. The summed E-state index contributed by atoms with van der Waals surface area (Å²) in [4.78, 5) is 31.9. The number of carbonyl (C=O) groups excluding carboxylic acids is 1. The smallest absolute Gasteiger partial charge is 0.340 e. The lowest BCUT2D eigenvalue weighted by Crippen LogP contribution is -2.37. The van der Waals surface area contributed by atoms with Gasteiger partial charge in [-0.2, -0.15) is 0 Å². The van der Waals surface area contributed by atoms with Gasteiger partial charge >= 0.3 is 7.60 Å². The number of hydrogen-bond acceptors (Lipinski definition) is 8. The van der Waals surface area contributed by atoms with Gasteiger partial charge in [0, 0.05) is 11.3 Å². The molecular weight excluding hydrogens is 513 g/mol. The van der Waals surface area contributed by atoms with E-state index < -0.39 is 35.5 Å². The van der Waals surface area contributed by atoms with Crippen LogP contribution in [0, 0.1) is 0 Å². The number of hydrogen-bond donors (Lipinski definition) is 3. The van der Waals surface area contributed by atoms with E-state index in [1.165, 1.54) is 40.6 Å². The maximum atomic E-state index is 12.7. The molecule has 0 heterocycles. The van der Waals surface area contributed by atoms with Crippen molar-refractivity contribution in [1.29, 1.82) is 0 Å². The van der Waals surface area contributed by atoms with Gasteiger partial charge in [-0.3, -0.25) is 13.6 Å². The number of para-hydroxylation sites is 1. The number of rotatable bonds is 11. The second-order valence-electron chi connectivity index (χ2n) is 7.98. The molecule has 0 spiro atoms. The average molecular weight is 543 g/mol. The summed E-state index contributed by atoms with van der Waals surface area (Å²) in [6.07, 6.45) is 0. The fourth-order valence-electron chi connectivity index (χ4n) is 3.24. The standard InChI is InChI=1S/C23H30NO10PS/c1-23(2,35(26,27)28)22(25)24-17-11-14(13-36(29)30)16(12-19(17)32-4)21(34-6)20(33-5)15-9-7-8-10-18(15)31-3/h7-12H,13H2,1-6H3,(H,24,25)(H,29,30)(H2,26,27,28)/p-1. The Balaban J connectivity index is 2.79. The van der Waals surface area contributed by atoms with Crippen LogP contribution in [0.3, 0.4) is 0 Å². The van der Waals surface area contributed by atoms with Crippen molar-refractivity contribution >= 4 is 41.8 Å². The summed E-state index contributed by atoms with van der Waals surface area (Å²) in [5, 5.41) is 0.381. The summed E-state index contributed by atoms with van der Waals surface area (Å²) in [5.74, 6) is -0.479. The van der Waals surface area contributed by atoms with Crippen LogP contribution < -0.4 is 14.8 Å². The van der Waals surface area contributed by atoms with Gasteiger partial charge < -0.3 is 38.6 Å². The lowest BCUT2D eigenvalue weighted by molar-refractivity contribution is -0.118. The monoisotopic (exact) mass is 542 g/mol. The molecule has 0 aliphatic carbocycles. The molecule has 0 bridgehead atoms. The quantitative estimate of drug-likeness (QED) is 0.166. The van der Waals surface area contributed by atoms with Gasteiger partial charge in [0.2, 0.25) is 5.91 Å². The predicted octanol–water partition coefficient (Wildman–Crippen LogP) is 3.10. The summed E-state index contributed by atoms with van der Waals surface area (Å²) in [5.41, 5.74) is 1.04. The van der Waals surface area contributed by atoms with Crippen molar-refractivity contribution in [2.45, 2.75) is 24.8 Å². The Labute approximate surface area is 211 Å². The molecule has 11 nitrogen and oxygen atoms in total. The van der Waals surface area contributed by atoms with E-state index in [9.17, 15) is 27.9 Å². The summed E-state index contributed by atoms with van der Waals surface area (Å²) < 4.78 is 57.3. The minimum Gasteiger partial charge on any atom is -0.772 e. The predicted molar refractivity (Wildman–Crippen MR) is 134 cm³/mol. The molecule has 2 aromatic rings. The molecule has 1 unspecified atom stereocenters. The minimum absolute atomic E-state index is 0.0138.